The summed E-state index contributed by atoms with van der Waals surface area (Å²) >= 11 is 0. The van der Waals surface area contributed by atoms with Gasteiger partial charge in [-0.15, -0.1) is 0 Å². The summed E-state index contributed by atoms with van der Waals surface area (Å²) in [6.07, 6.45) is 56.1. The lowest BCUT2D eigenvalue weighted by molar-refractivity contribution is -0.150. The number of unbranched alkanes of at least 4 members (excludes halogenated alkanes) is 34. The molecular weight excluding hydrogens is 945 g/mol. The number of carbonyl (C=O) groups is 4. The molecule has 76 heavy (non-hydrogen) atoms. The standard InChI is InChI=1S/2C34H66O4/c1-6-32(34(36)38-29-23-17-19-25-31(4)5)26-20-14-12-10-8-7-9-11-13-15-21-27-33(35)37-28-22-16-18-24-30(2)3;1-4-7-9-11-22-26-30-37-33(35)29-25-21-19-17-15-13-14-16-18-20-24-28-32(6-3)34(36)38-31-27-23-12-10-8-5-2/h30-32H,6-29H2,1-5H3;32H,4-31H2,1-3H3. The van der Waals surface area contributed by atoms with Crippen LogP contribution in [0.15, 0.2) is 0 Å². The third-order valence-electron chi connectivity index (χ3n) is 15.4. The molecule has 452 valence electrons. The van der Waals surface area contributed by atoms with Gasteiger partial charge in [-0.05, 0) is 76.0 Å². The van der Waals surface area contributed by atoms with Crippen molar-refractivity contribution < 1.29 is 38.1 Å². The molecule has 2 atom stereocenters. The quantitative estimate of drug-likeness (QED) is 0.0337. The van der Waals surface area contributed by atoms with Gasteiger partial charge in [-0.2, -0.15) is 0 Å². The minimum atomic E-state index is -0.0106. The summed E-state index contributed by atoms with van der Waals surface area (Å²) in [4.78, 5) is 48.2. The van der Waals surface area contributed by atoms with Gasteiger partial charge in [-0.25, -0.2) is 0 Å². The topological polar surface area (TPSA) is 105 Å². The minimum absolute atomic E-state index is 0.00567. The van der Waals surface area contributed by atoms with E-state index in [0.29, 0.717) is 39.3 Å². The second kappa shape index (κ2) is 62.1. The second-order valence-corrected chi connectivity index (χ2v) is 23.9. The SMILES string of the molecule is CCC(CCCCCCCCCCCCCC(=O)OCCCCCC(C)C)C(=O)OCCCCCC(C)C.CCCCCCCCOC(=O)CCCCCCCCCCCCCC(CC)C(=O)OCCCCCCCC. The molecule has 8 heteroatoms. The van der Waals surface area contributed by atoms with E-state index in [2.05, 4.69) is 55.4 Å². The van der Waals surface area contributed by atoms with Crippen LogP contribution in [0.4, 0.5) is 0 Å². The average Bonchev–Trinajstić information content (AvgIpc) is 3.40. The number of carbonyl (C=O) groups excluding carboxylic acids is 4. The summed E-state index contributed by atoms with van der Waals surface area (Å²) in [5, 5.41) is 0. The number of esters is 4. The summed E-state index contributed by atoms with van der Waals surface area (Å²) < 4.78 is 21.8. The van der Waals surface area contributed by atoms with E-state index >= 15 is 0 Å². The van der Waals surface area contributed by atoms with Crippen molar-refractivity contribution in [1.82, 2.24) is 0 Å². The lowest BCUT2D eigenvalue weighted by Crippen LogP contribution is -2.17. The van der Waals surface area contributed by atoms with E-state index < -0.39 is 0 Å². The fourth-order valence-corrected chi connectivity index (χ4v) is 10.0. The Morgan fingerprint density at radius 2 is 0.487 bits per heavy atom. The molecule has 0 aliphatic carbocycles. The number of hydrogen-bond donors (Lipinski definition) is 0. The van der Waals surface area contributed by atoms with E-state index in [1.807, 2.05) is 0 Å². The van der Waals surface area contributed by atoms with Gasteiger partial charge < -0.3 is 18.9 Å². The summed E-state index contributed by atoms with van der Waals surface area (Å²) in [5.41, 5.74) is 0. The van der Waals surface area contributed by atoms with E-state index in [4.69, 9.17) is 18.9 Å². The van der Waals surface area contributed by atoms with Crippen LogP contribution in [-0.4, -0.2) is 50.3 Å². The molecule has 0 aliphatic heterocycles. The zero-order valence-corrected chi connectivity index (χ0v) is 52.3. The van der Waals surface area contributed by atoms with Crippen LogP contribution in [0.25, 0.3) is 0 Å². The van der Waals surface area contributed by atoms with Crippen molar-refractivity contribution in [2.24, 2.45) is 23.7 Å². The molecule has 0 N–H and O–H groups in total. The summed E-state index contributed by atoms with van der Waals surface area (Å²) in [5.74, 6) is 1.76. The predicted octanol–water partition coefficient (Wildman–Crippen LogP) is 21.5. The van der Waals surface area contributed by atoms with Crippen molar-refractivity contribution in [3.63, 3.8) is 0 Å². The van der Waals surface area contributed by atoms with Crippen LogP contribution in [0.1, 0.15) is 364 Å². The van der Waals surface area contributed by atoms with Crippen LogP contribution in [0, 0.1) is 23.7 Å². The van der Waals surface area contributed by atoms with Crippen LogP contribution < -0.4 is 0 Å². The molecule has 0 rings (SSSR count). The Morgan fingerprint density at radius 3 is 0.763 bits per heavy atom. The van der Waals surface area contributed by atoms with Gasteiger partial charge in [0.05, 0.1) is 38.3 Å². The van der Waals surface area contributed by atoms with Gasteiger partial charge in [0.1, 0.15) is 0 Å². The molecule has 0 aromatic carbocycles. The lowest BCUT2D eigenvalue weighted by atomic mass is 9.97. The van der Waals surface area contributed by atoms with E-state index in [1.165, 1.54) is 199 Å². The van der Waals surface area contributed by atoms with Crippen molar-refractivity contribution >= 4 is 23.9 Å². The van der Waals surface area contributed by atoms with Crippen molar-refractivity contribution in [1.29, 1.82) is 0 Å². The van der Waals surface area contributed by atoms with Crippen molar-refractivity contribution in [2.75, 3.05) is 26.4 Å². The Kier molecular flexibility index (Phi) is 62.0. The maximum absolute atomic E-state index is 12.3. The molecule has 0 radical (unpaired) electrons. The molecule has 0 bridgehead atoms. The molecule has 0 aromatic heterocycles. The van der Waals surface area contributed by atoms with Crippen LogP contribution in [-0.2, 0) is 38.1 Å². The number of hydrogen-bond acceptors (Lipinski definition) is 8. The van der Waals surface area contributed by atoms with Gasteiger partial charge in [0.25, 0.3) is 0 Å². The van der Waals surface area contributed by atoms with Crippen LogP contribution in [0.2, 0.25) is 0 Å². The first kappa shape index (κ1) is 75.9. The van der Waals surface area contributed by atoms with E-state index in [0.717, 1.165) is 108 Å². The molecule has 2 unspecified atom stereocenters. The molecule has 0 fully saturated rings. The molecule has 0 aromatic rings. The molecule has 8 nitrogen and oxygen atoms in total. The Morgan fingerprint density at radius 1 is 0.263 bits per heavy atom. The highest BCUT2D eigenvalue weighted by molar-refractivity contribution is 5.72. The zero-order chi connectivity index (χ0) is 56.2. The Bertz CT molecular complexity index is 1220. The second-order valence-electron chi connectivity index (χ2n) is 23.9. The Balaban J connectivity index is 0. The maximum Gasteiger partial charge on any atom is 0.308 e. The average molecular weight is 1080 g/mol. The van der Waals surface area contributed by atoms with Gasteiger partial charge in [0, 0.05) is 12.8 Å². The fraction of sp³-hybridized carbons (Fsp3) is 0.941. The molecule has 0 heterocycles. The molecule has 0 saturated heterocycles. The van der Waals surface area contributed by atoms with Crippen molar-refractivity contribution in [2.45, 2.75) is 364 Å². The van der Waals surface area contributed by atoms with Crippen molar-refractivity contribution in [3.8, 4) is 0 Å². The van der Waals surface area contributed by atoms with E-state index in [-0.39, 0.29) is 35.7 Å². The first-order chi connectivity index (χ1) is 37.0. The van der Waals surface area contributed by atoms with Gasteiger partial charge in [-0.1, -0.05) is 287 Å². The zero-order valence-electron chi connectivity index (χ0n) is 52.3. The summed E-state index contributed by atoms with van der Waals surface area (Å²) in [6.45, 7) is 20.1. The molecule has 0 amide bonds. The van der Waals surface area contributed by atoms with Crippen LogP contribution in [0.3, 0.4) is 0 Å². The smallest absolute Gasteiger partial charge is 0.308 e. The van der Waals surface area contributed by atoms with E-state index in [9.17, 15) is 19.2 Å². The normalized spacial score (nSPS) is 12.1. The van der Waals surface area contributed by atoms with Crippen LogP contribution >= 0.6 is 0 Å². The van der Waals surface area contributed by atoms with Gasteiger partial charge in [-0.3, -0.25) is 19.2 Å². The third kappa shape index (κ3) is 59.5. The number of rotatable bonds is 58. The van der Waals surface area contributed by atoms with Crippen LogP contribution in [0.5, 0.6) is 0 Å². The van der Waals surface area contributed by atoms with Gasteiger partial charge in [0.15, 0.2) is 0 Å². The third-order valence-corrected chi connectivity index (χ3v) is 15.4. The number of ether oxygens (including phenoxy) is 4. The molecule has 0 aliphatic rings. The largest absolute Gasteiger partial charge is 0.466 e. The lowest BCUT2D eigenvalue weighted by Gasteiger charge is -2.14. The predicted molar refractivity (Wildman–Crippen MR) is 325 cm³/mol. The first-order valence-electron chi connectivity index (χ1n) is 33.7. The first-order valence-corrected chi connectivity index (χ1v) is 33.7. The minimum Gasteiger partial charge on any atom is -0.466 e. The molecular formula is C68H132O8. The summed E-state index contributed by atoms with van der Waals surface area (Å²) in [7, 11) is 0. The van der Waals surface area contributed by atoms with E-state index in [1.54, 1.807) is 0 Å². The molecule has 0 saturated carbocycles. The Hall–Kier alpha value is -2.12. The van der Waals surface area contributed by atoms with Gasteiger partial charge in [0.2, 0.25) is 0 Å². The molecule has 0 spiro atoms. The highest BCUT2D eigenvalue weighted by Gasteiger charge is 2.18. The summed E-state index contributed by atoms with van der Waals surface area (Å²) in [6, 6.07) is 0. The maximum atomic E-state index is 12.3. The fourth-order valence-electron chi connectivity index (χ4n) is 10.0. The van der Waals surface area contributed by atoms with Gasteiger partial charge >= 0.3 is 23.9 Å². The monoisotopic (exact) mass is 1080 g/mol. The Labute approximate surface area is 473 Å². The highest BCUT2D eigenvalue weighted by atomic mass is 16.5. The van der Waals surface area contributed by atoms with Crippen molar-refractivity contribution in [3.05, 3.63) is 0 Å². The highest BCUT2D eigenvalue weighted by Crippen LogP contribution is 2.21.